The van der Waals surface area contributed by atoms with Gasteiger partial charge in [-0.1, -0.05) is 18.1 Å². The molecule has 3 fully saturated rings. The topological polar surface area (TPSA) is 119 Å². The minimum atomic E-state index is -4.57. The summed E-state index contributed by atoms with van der Waals surface area (Å²) >= 11 is 0. The van der Waals surface area contributed by atoms with Crippen LogP contribution >= 0.6 is 0 Å². The van der Waals surface area contributed by atoms with E-state index in [1.807, 2.05) is 13.0 Å². The van der Waals surface area contributed by atoms with E-state index in [4.69, 9.17) is 35.6 Å². The standard InChI is InChI=1S/C41H36F5N7O4/c1-3-28-30(42)7-6-23-15-27(54)17-29(32(23)28)36-34(43)37-33-35(48-36)22(2)14-26-19-55-13-5-11-52(26)38(33)50-39(49-37)57-21-40-9-4-12-53(40)25(8-10-40)20-56-31-16-24(18-47-51-31)41(44,45)46/h1,6-7,14-18,25-26,54H,4-5,8-13,19-21H2,2H3/t25-,26-,40-/m0/s1. The van der Waals surface area contributed by atoms with E-state index in [-0.39, 0.29) is 70.7 Å². The summed E-state index contributed by atoms with van der Waals surface area (Å²) in [5.41, 5.74) is -0.487. The highest BCUT2D eigenvalue weighted by Gasteiger charge is 2.50. The van der Waals surface area contributed by atoms with Gasteiger partial charge < -0.3 is 24.2 Å². The van der Waals surface area contributed by atoms with Crippen molar-refractivity contribution in [3.63, 3.8) is 0 Å². The summed E-state index contributed by atoms with van der Waals surface area (Å²) in [4.78, 5) is 18.8. The van der Waals surface area contributed by atoms with E-state index < -0.39 is 28.9 Å². The van der Waals surface area contributed by atoms with Gasteiger partial charge in [0.1, 0.15) is 41.8 Å². The van der Waals surface area contributed by atoms with E-state index in [9.17, 15) is 18.3 Å². The molecule has 0 aliphatic carbocycles. The van der Waals surface area contributed by atoms with Crippen molar-refractivity contribution in [2.24, 2.45) is 0 Å². The molecule has 3 aromatic heterocycles. The first-order valence-electron chi connectivity index (χ1n) is 18.7. The molecule has 3 atom stereocenters. The lowest BCUT2D eigenvalue weighted by molar-refractivity contribution is -0.138. The zero-order valence-corrected chi connectivity index (χ0v) is 30.7. The molecule has 4 aliphatic heterocycles. The number of phenolic OH excluding ortho intramolecular Hbond substituents is 1. The Kier molecular flexibility index (Phi) is 9.12. The zero-order chi connectivity index (χ0) is 39.6. The number of nitrogens with zero attached hydrogens (tertiary/aromatic N) is 7. The van der Waals surface area contributed by atoms with Crippen LogP contribution in [-0.2, 0) is 10.9 Å². The van der Waals surface area contributed by atoms with Gasteiger partial charge in [0.05, 0.1) is 46.6 Å². The highest BCUT2D eigenvalue weighted by Crippen LogP contribution is 2.45. The molecule has 4 aliphatic rings. The van der Waals surface area contributed by atoms with E-state index in [2.05, 4.69) is 25.9 Å². The Labute approximate surface area is 323 Å². The maximum absolute atomic E-state index is 17.3. The number of terminal acetylenes is 1. The van der Waals surface area contributed by atoms with Crippen LogP contribution in [0.1, 0.15) is 55.8 Å². The number of fused-ring (bicyclic) bond motifs is 4. The minimum absolute atomic E-state index is 0.0562. The second kappa shape index (κ2) is 14.1. The maximum Gasteiger partial charge on any atom is 0.418 e. The zero-order valence-electron chi connectivity index (χ0n) is 30.7. The second-order valence-corrected chi connectivity index (χ2v) is 15.0. The third-order valence-corrected chi connectivity index (χ3v) is 11.5. The average molecular weight is 786 g/mol. The summed E-state index contributed by atoms with van der Waals surface area (Å²) in [6.07, 6.45) is 7.61. The summed E-state index contributed by atoms with van der Waals surface area (Å²) in [7, 11) is 0. The Bertz CT molecular complexity index is 2510. The Morgan fingerprint density at radius 2 is 1.89 bits per heavy atom. The number of halogens is 5. The van der Waals surface area contributed by atoms with Crippen molar-refractivity contribution in [1.29, 1.82) is 0 Å². The van der Waals surface area contributed by atoms with E-state index in [0.29, 0.717) is 61.1 Å². The Morgan fingerprint density at radius 3 is 2.72 bits per heavy atom. The van der Waals surface area contributed by atoms with Crippen LogP contribution in [0.4, 0.5) is 27.8 Å². The number of allylic oxidation sites excluding steroid dienone is 1. The fraction of sp³-hybridized carbons (Fsp3) is 0.390. The van der Waals surface area contributed by atoms with Gasteiger partial charge in [0.15, 0.2) is 5.82 Å². The van der Waals surface area contributed by atoms with Crippen molar-refractivity contribution >= 4 is 33.1 Å². The van der Waals surface area contributed by atoms with E-state index >= 15 is 8.78 Å². The largest absolute Gasteiger partial charge is 0.508 e. The molecular weight excluding hydrogens is 749 g/mol. The summed E-state index contributed by atoms with van der Waals surface area (Å²) in [5.74, 6) is 0.928. The molecule has 0 unspecified atom stereocenters. The molecule has 294 valence electrons. The normalized spacial score (nSPS) is 22.1. The van der Waals surface area contributed by atoms with Crippen molar-refractivity contribution in [3.8, 4) is 41.2 Å². The van der Waals surface area contributed by atoms with Crippen LogP contribution in [0.15, 0.2) is 42.6 Å². The molecule has 0 amide bonds. The SMILES string of the molecule is C#Cc1c(F)ccc2cc(O)cc(-c3nc4c5c(nc(OC[C@@]67CCCN6[C@H](COc6cc(C(F)(F)F)cnn6)CC7)nc5c3F)N3CCCOC[C@@H]3C=C4C)c12. The molecular formula is C41H36F5N7O4. The van der Waals surface area contributed by atoms with E-state index in [0.717, 1.165) is 37.4 Å². The van der Waals surface area contributed by atoms with E-state index in [1.54, 1.807) is 0 Å². The second-order valence-electron chi connectivity index (χ2n) is 15.0. The number of aromatic nitrogens is 5. The maximum atomic E-state index is 17.3. The fourth-order valence-corrected chi connectivity index (χ4v) is 8.93. The molecule has 9 rings (SSSR count). The van der Waals surface area contributed by atoms with Gasteiger partial charge in [-0.05, 0) is 74.7 Å². The number of pyridine rings is 1. The van der Waals surface area contributed by atoms with Gasteiger partial charge in [-0.3, -0.25) is 4.90 Å². The lowest BCUT2D eigenvalue weighted by Crippen LogP contribution is -2.48. The predicted molar refractivity (Wildman–Crippen MR) is 200 cm³/mol. The van der Waals surface area contributed by atoms with Gasteiger partial charge >= 0.3 is 12.2 Å². The number of benzene rings is 2. The quantitative estimate of drug-likeness (QED) is 0.135. The van der Waals surface area contributed by atoms with Crippen molar-refractivity contribution < 1.29 is 41.3 Å². The third kappa shape index (κ3) is 6.42. The van der Waals surface area contributed by atoms with Gasteiger partial charge in [-0.2, -0.15) is 28.2 Å². The summed E-state index contributed by atoms with van der Waals surface area (Å²) in [6, 6.07) is 5.81. The van der Waals surface area contributed by atoms with Gasteiger partial charge in [0.2, 0.25) is 5.88 Å². The number of hydrogen-bond donors (Lipinski definition) is 1. The molecule has 16 heteroatoms. The van der Waals surface area contributed by atoms with Gasteiger partial charge in [0.25, 0.3) is 0 Å². The molecule has 0 saturated carbocycles. The molecule has 2 aromatic carbocycles. The lowest BCUT2D eigenvalue weighted by atomic mass is 9.95. The van der Waals surface area contributed by atoms with Crippen LogP contribution in [0.25, 0.3) is 38.5 Å². The molecule has 57 heavy (non-hydrogen) atoms. The molecule has 3 saturated heterocycles. The predicted octanol–water partition coefficient (Wildman–Crippen LogP) is 7.09. The first-order chi connectivity index (χ1) is 27.4. The first-order valence-corrected chi connectivity index (χ1v) is 18.7. The third-order valence-electron chi connectivity index (χ3n) is 11.5. The van der Waals surface area contributed by atoms with Crippen molar-refractivity contribution in [1.82, 2.24) is 30.0 Å². The number of rotatable bonds is 7. The number of anilines is 1. The monoisotopic (exact) mass is 785 g/mol. The van der Waals surface area contributed by atoms with Gasteiger partial charge in [-0.15, -0.1) is 11.5 Å². The smallest absolute Gasteiger partial charge is 0.418 e. The Hall–Kier alpha value is -5.66. The van der Waals surface area contributed by atoms with Crippen LogP contribution in [0.5, 0.6) is 17.6 Å². The van der Waals surface area contributed by atoms with Gasteiger partial charge in [0, 0.05) is 36.2 Å². The molecule has 11 nitrogen and oxygen atoms in total. The first kappa shape index (κ1) is 36.9. The number of phenols is 1. The van der Waals surface area contributed by atoms with Crippen LogP contribution in [0, 0.1) is 24.0 Å². The highest BCUT2D eigenvalue weighted by molar-refractivity contribution is 6.05. The highest BCUT2D eigenvalue weighted by atomic mass is 19.4. The molecule has 0 radical (unpaired) electrons. The van der Waals surface area contributed by atoms with Gasteiger partial charge in [-0.25, -0.2) is 13.8 Å². The van der Waals surface area contributed by atoms with Crippen LogP contribution in [-0.4, -0.2) is 92.3 Å². The van der Waals surface area contributed by atoms with Crippen molar-refractivity contribution in [3.05, 3.63) is 71.1 Å². The molecule has 5 aromatic rings. The number of aromatic hydroxyl groups is 1. The molecule has 1 N–H and O–H groups in total. The number of alkyl halides is 3. The van der Waals surface area contributed by atoms with Crippen LogP contribution in [0.2, 0.25) is 0 Å². The number of hydrogen-bond acceptors (Lipinski definition) is 11. The fourth-order valence-electron chi connectivity index (χ4n) is 8.93. The Morgan fingerprint density at radius 1 is 1.04 bits per heavy atom. The van der Waals surface area contributed by atoms with Crippen molar-refractivity contribution in [2.75, 3.05) is 44.4 Å². The summed E-state index contributed by atoms with van der Waals surface area (Å²) in [5, 5.41) is 19.0. The van der Waals surface area contributed by atoms with Crippen molar-refractivity contribution in [2.45, 2.75) is 62.8 Å². The lowest BCUT2D eigenvalue weighted by Gasteiger charge is -2.34. The molecule has 0 spiro atoms. The molecule has 7 heterocycles. The van der Waals surface area contributed by atoms with Crippen LogP contribution < -0.4 is 14.4 Å². The van der Waals surface area contributed by atoms with Crippen LogP contribution in [0.3, 0.4) is 0 Å². The minimum Gasteiger partial charge on any atom is -0.508 e. The van der Waals surface area contributed by atoms with E-state index in [1.165, 1.54) is 24.3 Å². The number of ether oxygens (including phenoxy) is 3. The summed E-state index contributed by atoms with van der Waals surface area (Å²) in [6.45, 7) is 4.32. The average Bonchev–Trinajstić information content (AvgIpc) is 3.63. The summed E-state index contributed by atoms with van der Waals surface area (Å²) < 4.78 is 90.4. The molecule has 0 bridgehead atoms. The Balaban J connectivity index is 1.10.